The van der Waals surface area contributed by atoms with E-state index in [1.54, 1.807) is 12.1 Å². The number of rotatable bonds is 3. The Morgan fingerprint density at radius 3 is 2.41 bits per heavy atom. The van der Waals surface area contributed by atoms with Gasteiger partial charge in [0.15, 0.2) is 0 Å². The number of carbonyl (C=O) groups is 1. The molecule has 0 spiro atoms. The summed E-state index contributed by atoms with van der Waals surface area (Å²) in [6.07, 6.45) is 6.20. The second kappa shape index (κ2) is 6.37. The van der Waals surface area contributed by atoms with Crippen molar-refractivity contribution < 1.29 is 14.3 Å². The predicted octanol–water partition coefficient (Wildman–Crippen LogP) is 3.06. The first-order valence-electron chi connectivity index (χ1n) is 8.36. The van der Waals surface area contributed by atoms with Gasteiger partial charge < -0.3 is 10.4 Å². The first-order chi connectivity index (χ1) is 10.6. The van der Waals surface area contributed by atoms with Crippen molar-refractivity contribution in [2.24, 2.45) is 0 Å². The fraction of sp³-hybridized carbons (Fsp3) is 0.611. The summed E-state index contributed by atoms with van der Waals surface area (Å²) in [6.45, 7) is 0. The molecule has 0 aliphatic heterocycles. The van der Waals surface area contributed by atoms with E-state index in [0.29, 0.717) is 5.56 Å². The van der Waals surface area contributed by atoms with E-state index in [1.807, 2.05) is 6.07 Å². The van der Waals surface area contributed by atoms with E-state index in [2.05, 4.69) is 5.32 Å². The zero-order chi connectivity index (χ0) is 15.6. The molecule has 3 rings (SSSR count). The summed E-state index contributed by atoms with van der Waals surface area (Å²) < 4.78 is 14.3. The van der Waals surface area contributed by atoms with Gasteiger partial charge in [0.05, 0.1) is 11.5 Å². The van der Waals surface area contributed by atoms with Gasteiger partial charge in [0.25, 0.3) is 0 Å². The third-order valence-electron chi connectivity index (χ3n) is 5.31. The third kappa shape index (κ3) is 2.89. The van der Waals surface area contributed by atoms with Crippen LogP contribution in [-0.2, 0) is 10.2 Å². The number of nitrogens with one attached hydrogen (secondary N) is 1. The van der Waals surface area contributed by atoms with Crippen LogP contribution >= 0.6 is 0 Å². The van der Waals surface area contributed by atoms with Crippen molar-refractivity contribution in [1.29, 1.82) is 0 Å². The predicted molar refractivity (Wildman–Crippen MR) is 83.0 cm³/mol. The van der Waals surface area contributed by atoms with Crippen LogP contribution < -0.4 is 5.32 Å². The number of benzene rings is 1. The normalized spacial score (nSPS) is 27.5. The second-order valence-corrected chi connectivity index (χ2v) is 6.75. The molecule has 3 nitrogen and oxygen atoms in total. The van der Waals surface area contributed by atoms with Crippen LogP contribution in [0.25, 0.3) is 0 Å². The highest BCUT2D eigenvalue weighted by molar-refractivity contribution is 5.89. The molecule has 1 aromatic carbocycles. The molecule has 22 heavy (non-hydrogen) atoms. The van der Waals surface area contributed by atoms with E-state index >= 15 is 0 Å². The van der Waals surface area contributed by atoms with Gasteiger partial charge in [0.1, 0.15) is 5.82 Å². The molecular formula is C18H24FNO2. The molecule has 2 N–H and O–H groups in total. The topological polar surface area (TPSA) is 49.3 Å². The molecule has 2 saturated carbocycles. The summed E-state index contributed by atoms with van der Waals surface area (Å²) >= 11 is 0. The lowest BCUT2D eigenvalue weighted by atomic mass is 9.77. The number of carbonyl (C=O) groups excluding carboxylic acids is 1. The zero-order valence-corrected chi connectivity index (χ0v) is 12.9. The quantitative estimate of drug-likeness (QED) is 0.901. The van der Waals surface area contributed by atoms with Gasteiger partial charge in [-0.2, -0.15) is 0 Å². The summed E-state index contributed by atoms with van der Waals surface area (Å²) in [7, 11) is 0. The molecule has 120 valence electrons. The maximum atomic E-state index is 14.3. The summed E-state index contributed by atoms with van der Waals surface area (Å²) in [5, 5.41) is 12.7. The Morgan fingerprint density at radius 1 is 1.14 bits per heavy atom. The van der Waals surface area contributed by atoms with Gasteiger partial charge in [0, 0.05) is 11.6 Å². The van der Waals surface area contributed by atoms with Crippen molar-refractivity contribution in [2.75, 3.05) is 0 Å². The van der Waals surface area contributed by atoms with Crippen LogP contribution in [0.3, 0.4) is 0 Å². The van der Waals surface area contributed by atoms with Gasteiger partial charge in [0.2, 0.25) is 5.91 Å². The van der Waals surface area contributed by atoms with Crippen LogP contribution in [0, 0.1) is 5.82 Å². The Balaban J connectivity index is 1.79. The fourth-order valence-electron chi connectivity index (χ4n) is 3.99. The summed E-state index contributed by atoms with van der Waals surface area (Å²) in [5.74, 6) is -0.310. The van der Waals surface area contributed by atoms with Crippen LogP contribution in [0.1, 0.15) is 56.9 Å². The zero-order valence-electron chi connectivity index (χ0n) is 12.9. The van der Waals surface area contributed by atoms with E-state index in [0.717, 1.165) is 51.4 Å². The minimum Gasteiger partial charge on any atom is -0.393 e. The average Bonchev–Trinajstić information content (AvgIpc) is 3.01. The van der Waals surface area contributed by atoms with Crippen molar-refractivity contribution in [3.05, 3.63) is 35.6 Å². The van der Waals surface area contributed by atoms with Crippen LogP contribution in [-0.4, -0.2) is 23.2 Å². The first-order valence-corrected chi connectivity index (χ1v) is 8.36. The molecule has 0 aromatic heterocycles. The van der Waals surface area contributed by atoms with Gasteiger partial charge >= 0.3 is 0 Å². The van der Waals surface area contributed by atoms with Crippen molar-refractivity contribution in [1.82, 2.24) is 5.32 Å². The SMILES string of the molecule is O=C(NC1CCC(O)CC1)C1(c2ccccc2F)CCCC1. The highest BCUT2D eigenvalue weighted by Gasteiger charge is 2.44. The van der Waals surface area contributed by atoms with E-state index in [-0.39, 0.29) is 23.9 Å². The molecule has 0 heterocycles. The lowest BCUT2D eigenvalue weighted by molar-refractivity contribution is -0.127. The molecule has 0 saturated heterocycles. The van der Waals surface area contributed by atoms with E-state index < -0.39 is 5.41 Å². The van der Waals surface area contributed by atoms with E-state index in [4.69, 9.17) is 0 Å². The highest BCUT2D eigenvalue weighted by atomic mass is 19.1. The molecule has 2 aliphatic rings. The minimum atomic E-state index is -0.707. The minimum absolute atomic E-state index is 0.0310. The Bertz CT molecular complexity index is 532. The number of aliphatic hydroxyl groups excluding tert-OH is 1. The van der Waals surface area contributed by atoms with E-state index in [1.165, 1.54) is 6.07 Å². The van der Waals surface area contributed by atoms with Crippen molar-refractivity contribution in [3.8, 4) is 0 Å². The number of amides is 1. The molecule has 2 fully saturated rings. The first kappa shape index (κ1) is 15.5. The Labute approximate surface area is 130 Å². The van der Waals surface area contributed by atoms with Crippen LogP contribution in [0.2, 0.25) is 0 Å². The van der Waals surface area contributed by atoms with Crippen molar-refractivity contribution in [2.45, 2.75) is 68.9 Å². The largest absolute Gasteiger partial charge is 0.393 e. The highest BCUT2D eigenvalue weighted by Crippen LogP contribution is 2.42. The van der Waals surface area contributed by atoms with Crippen LogP contribution in [0.15, 0.2) is 24.3 Å². The Morgan fingerprint density at radius 2 is 1.77 bits per heavy atom. The Hall–Kier alpha value is -1.42. The van der Waals surface area contributed by atoms with Gasteiger partial charge in [-0.3, -0.25) is 4.79 Å². The van der Waals surface area contributed by atoms with Gasteiger partial charge in [-0.25, -0.2) is 4.39 Å². The van der Waals surface area contributed by atoms with E-state index in [9.17, 15) is 14.3 Å². The fourth-order valence-corrected chi connectivity index (χ4v) is 3.99. The van der Waals surface area contributed by atoms with Gasteiger partial charge in [-0.1, -0.05) is 31.0 Å². The number of aliphatic hydroxyl groups is 1. The van der Waals surface area contributed by atoms with Crippen molar-refractivity contribution in [3.63, 3.8) is 0 Å². The monoisotopic (exact) mass is 305 g/mol. The molecular weight excluding hydrogens is 281 g/mol. The van der Waals surface area contributed by atoms with Gasteiger partial charge in [-0.15, -0.1) is 0 Å². The molecule has 2 aliphatic carbocycles. The molecule has 4 heteroatoms. The smallest absolute Gasteiger partial charge is 0.230 e. The lowest BCUT2D eigenvalue weighted by Crippen LogP contribution is -2.48. The number of hydrogen-bond donors (Lipinski definition) is 2. The number of hydrogen-bond acceptors (Lipinski definition) is 2. The third-order valence-corrected chi connectivity index (χ3v) is 5.31. The maximum Gasteiger partial charge on any atom is 0.230 e. The van der Waals surface area contributed by atoms with Gasteiger partial charge in [-0.05, 0) is 44.6 Å². The average molecular weight is 305 g/mol. The van der Waals surface area contributed by atoms with Crippen molar-refractivity contribution >= 4 is 5.91 Å². The molecule has 0 radical (unpaired) electrons. The van der Waals surface area contributed by atoms with Crippen LogP contribution in [0.5, 0.6) is 0 Å². The standard InChI is InChI=1S/C18H24FNO2/c19-16-6-2-1-5-15(16)18(11-3-4-12-18)17(22)20-13-7-9-14(21)10-8-13/h1-2,5-6,13-14,21H,3-4,7-12H2,(H,20,22). The molecule has 1 amide bonds. The molecule has 0 atom stereocenters. The molecule has 0 unspecified atom stereocenters. The summed E-state index contributed by atoms with van der Waals surface area (Å²) in [4.78, 5) is 12.9. The molecule has 0 bridgehead atoms. The summed E-state index contributed by atoms with van der Waals surface area (Å²) in [5.41, 5.74) is -0.164. The lowest BCUT2D eigenvalue weighted by Gasteiger charge is -2.33. The maximum absolute atomic E-state index is 14.3. The molecule has 1 aromatic rings. The van der Waals surface area contributed by atoms with Crippen LogP contribution in [0.4, 0.5) is 4.39 Å². The summed E-state index contributed by atoms with van der Waals surface area (Å²) in [6, 6.07) is 6.79. The second-order valence-electron chi connectivity index (χ2n) is 6.75. The Kier molecular flexibility index (Phi) is 4.48. The number of halogens is 1.